The second-order valence-corrected chi connectivity index (χ2v) is 12.8. The molecule has 0 bridgehead atoms. The van der Waals surface area contributed by atoms with Crippen LogP contribution in [0.25, 0.3) is 0 Å². The fourth-order valence-electron chi connectivity index (χ4n) is 8.34. The Morgan fingerprint density at radius 2 is 1.57 bits per heavy atom. The minimum absolute atomic E-state index is 0.147. The molecular formula is C28H46O7. The molecule has 0 saturated heterocycles. The summed E-state index contributed by atoms with van der Waals surface area (Å²) in [7, 11) is 0. The van der Waals surface area contributed by atoms with Crippen LogP contribution in [0.1, 0.15) is 66.7 Å². The van der Waals surface area contributed by atoms with Crippen LogP contribution in [-0.4, -0.2) is 78.0 Å². The Balaban J connectivity index is 1.76. The zero-order valence-corrected chi connectivity index (χ0v) is 21.8. The number of aliphatic hydroxyl groups excluding tert-OH is 5. The Labute approximate surface area is 209 Å². The van der Waals surface area contributed by atoms with Crippen molar-refractivity contribution in [1.82, 2.24) is 0 Å². The van der Waals surface area contributed by atoms with E-state index >= 15 is 0 Å². The van der Waals surface area contributed by atoms with E-state index in [2.05, 4.69) is 46.8 Å². The number of fused-ring (bicyclic) bond motifs is 5. The van der Waals surface area contributed by atoms with Gasteiger partial charge < -0.3 is 35.7 Å². The minimum atomic E-state index is -2.09. The van der Waals surface area contributed by atoms with Gasteiger partial charge >= 0.3 is 0 Å². The summed E-state index contributed by atoms with van der Waals surface area (Å²) in [6.45, 7) is 10.2. The molecule has 0 aromatic heterocycles. The summed E-state index contributed by atoms with van der Waals surface area (Å²) in [5.74, 6) is 1.37. The molecule has 12 unspecified atom stereocenters. The molecule has 7 heteroatoms. The first-order chi connectivity index (χ1) is 16.2. The summed E-state index contributed by atoms with van der Waals surface area (Å²) >= 11 is 0. The van der Waals surface area contributed by atoms with Crippen LogP contribution in [0.2, 0.25) is 0 Å². The number of hydrogen-bond donors (Lipinski definition) is 7. The van der Waals surface area contributed by atoms with Crippen LogP contribution in [-0.2, 0) is 0 Å². The second-order valence-electron chi connectivity index (χ2n) is 12.8. The average Bonchev–Trinajstić information content (AvgIpc) is 3.12. The molecule has 0 spiro atoms. The lowest BCUT2D eigenvalue weighted by atomic mass is 9.42. The Morgan fingerprint density at radius 1 is 0.943 bits per heavy atom. The molecule has 4 rings (SSSR count). The maximum atomic E-state index is 12.3. The molecule has 4 aliphatic carbocycles. The van der Waals surface area contributed by atoms with Crippen molar-refractivity contribution >= 4 is 0 Å². The lowest BCUT2D eigenvalue weighted by Crippen LogP contribution is -2.79. The van der Waals surface area contributed by atoms with Gasteiger partial charge in [-0.05, 0) is 66.3 Å². The smallest absolute Gasteiger partial charge is 0.123 e. The van der Waals surface area contributed by atoms with Crippen LogP contribution in [0, 0.1) is 40.4 Å². The van der Waals surface area contributed by atoms with E-state index in [4.69, 9.17) is 0 Å². The first-order valence-electron chi connectivity index (χ1n) is 13.4. The van der Waals surface area contributed by atoms with Crippen molar-refractivity contribution in [2.75, 3.05) is 6.61 Å². The van der Waals surface area contributed by atoms with Crippen LogP contribution in [0.3, 0.4) is 0 Å². The summed E-state index contributed by atoms with van der Waals surface area (Å²) in [4.78, 5) is 0. The van der Waals surface area contributed by atoms with Crippen LogP contribution in [0.5, 0.6) is 0 Å². The molecule has 0 aromatic carbocycles. The minimum Gasteiger partial charge on any atom is -0.396 e. The molecule has 7 N–H and O–H groups in total. The fourth-order valence-corrected chi connectivity index (χ4v) is 8.34. The summed E-state index contributed by atoms with van der Waals surface area (Å²) in [5, 5.41) is 78.1. The van der Waals surface area contributed by atoms with Crippen molar-refractivity contribution < 1.29 is 35.7 Å². The van der Waals surface area contributed by atoms with Gasteiger partial charge in [-0.2, -0.15) is 0 Å². The fraction of sp³-hybridized carbons (Fsp3) is 0.857. The number of allylic oxidation sites excluding steroid dienone is 2. The van der Waals surface area contributed by atoms with E-state index in [1.54, 1.807) is 0 Å². The first-order valence-corrected chi connectivity index (χ1v) is 13.4. The van der Waals surface area contributed by atoms with Crippen molar-refractivity contribution in [1.29, 1.82) is 0 Å². The van der Waals surface area contributed by atoms with E-state index in [1.807, 2.05) is 0 Å². The Morgan fingerprint density at radius 3 is 2.17 bits per heavy atom. The maximum Gasteiger partial charge on any atom is 0.123 e. The van der Waals surface area contributed by atoms with E-state index in [9.17, 15) is 35.7 Å². The van der Waals surface area contributed by atoms with Crippen molar-refractivity contribution in [3.63, 3.8) is 0 Å². The quantitative estimate of drug-likeness (QED) is 0.287. The van der Waals surface area contributed by atoms with E-state index in [-0.39, 0.29) is 36.0 Å². The average molecular weight is 495 g/mol. The van der Waals surface area contributed by atoms with Gasteiger partial charge in [-0.15, -0.1) is 0 Å². The third kappa shape index (κ3) is 3.57. The predicted octanol–water partition coefficient (Wildman–Crippen LogP) is 1.53. The summed E-state index contributed by atoms with van der Waals surface area (Å²) in [6.07, 6.45) is 1.83. The van der Waals surface area contributed by atoms with Gasteiger partial charge in [0.2, 0.25) is 0 Å². The highest BCUT2D eigenvalue weighted by molar-refractivity contribution is 5.43. The highest BCUT2D eigenvalue weighted by atomic mass is 16.4. The highest BCUT2D eigenvalue weighted by Gasteiger charge is 2.76. The molecule has 3 fully saturated rings. The van der Waals surface area contributed by atoms with Crippen LogP contribution in [0.4, 0.5) is 0 Å². The topological polar surface area (TPSA) is 142 Å². The zero-order valence-electron chi connectivity index (χ0n) is 21.8. The van der Waals surface area contributed by atoms with Crippen molar-refractivity contribution in [3.8, 4) is 0 Å². The van der Waals surface area contributed by atoms with Gasteiger partial charge in [0, 0.05) is 6.42 Å². The third-order valence-electron chi connectivity index (χ3n) is 10.9. The summed E-state index contributed by atoms with van der Waals surface area (Å²) < 4.78 is 0. The lowest BCUT2D eigenvalue weighted by molar-refractivity contribution is -0.310. The van der Waals surface area contributed by atoms with E-state index in [1.165, 1.54) is 6.08 Å². The third-order valence-corrected chi connectivity index (χ3v) is 10.9. The van der Waals surface area contributed by atoms with Crippen molar-refractivity contribution in [2.45, 2.75) is 102 Å². The molecule has 35 heavy (non-hydrogen) atoms. The molecule has 12 atom stereocenters. The zero-order chi connectivity index (χ0) is 26.1. The molecule has 0 amide bonds. The van der Waals surface area contributed by atoms with Gasteiger partial charge in [-0.3, -0.25) is 0 Å². The van der Waals surface area contributed by atoms with Gasteiger partial charge in [0.1, 0.15) is 17.3 Å². The largest absolute Gasteiger partial charge is 0.396 e. The normalized spacial score (nSPS) is 51.5. The molecule has 0 aromatic rings. The summed E-state index contributed by atoms with van der Waals surface area (Å²) in [5.41, 5.74) is -5.81. The highest BCUT2D eigenvalue weighted by Crippen LogP contribution is 2.69. The molecule has 0 heterocycles. The molecule has 0 aliphatic heterocycles. The van der Waals surface area contributed by atoms with Gasteiger partial charge in [-0.25, -0.2) is 0 Å². The molecular weight excluding hydrogens is 448 g/mol. The summed E-state index contributed by atoms with van der Waals surface area (Å²) in [6, 6.07) is 0. The van der Waals surface area contributed by atoms with Gasteiger partial charge in [-0.1, -0.05) is 52.8 Å². The first kappa shape index (κ1) is 27.2. The SMILES string of the molecule is CC(C)C(C)C=CC(C)C1CCC2C3=CC(O)C4(O)CC(O)C(O)CC4(CO)C3(O)C(O)CC21C. The predicted molar refractivity (Wildman–Crippen MR) is 132 cm³/mol. The molecule has 7 nitrogen and oxygen atoms in total. The Kier molecular flexibility index (Phi) is 6.92. The molecule has 4 aliphatic rings. The lowest BCUT2D eigenvalue weighted by Gasteiger charge is -2.67. The molecule has 3 saturated carbocycles. The standard InChI is InChI=1S/C28H46O7/c1-15(2)16(3)6-7-17(4)18-8-9-19-20-10-23(32)27(34)12-22(31)21(30)11-26(27,14-29)28(20,35)24(33)13-25(18,19)5/h6-7,10,15-19,21-24,29-35H,8-9,11-14H2,1-5H3. The van der Waals surface area contributed by atoms with Crippen molar-refractivity contribution in [2.24, 2.45) is 40.4 Å². The van der Waals surface area contributed by atoms with Gasteiger partial charge in [0.15, 0.2) is 0 Å². The van der Waals surface area contributed by atoms with Gasteiger partial charge in [0.25, 0.3) is 0 Å². The van der Waals surface area contributed by atoms with E-state index < -0.39 is 54.1 Å². The van der Waals surface area contributed by atoms with E-state index in [0.717, 1.165) is 12.8 Å². The van der Waals surface area contributed by atoms with Crippen LogP contribution < -0.4 is 0 Å². The van der Waals surface area contributed by atoms with Gasteiger partial charge in [0.05, 0.1) is 30.3 Å². The number of rotatable bonds is 5. The van der Waals surface area contributed by atoms with Crippen LogP contribution >= 0.6 is 0 Å². The molecule has 200 valence electrons. The molecule has 0 radical (unpaired) electrons. The Bertz CT molecular complexity index is 871. The maximum absolute atomic E-state index is 12.3. The number of aliphatic hydroxyl groups is 7. The number of hydrogen-bond acceptors (Lipinski definition) is 7. The van der Waals surface area contributed by atoms with E-state index in [0.29, 0.717) is 17.4 Å². The monoisotopic (exact) mass is 494 g/mol. The Hall–Kier alpha value is -0.800. The van der Waals surface area contributed by atoms with Crippen molar-refractivity contribution in [3.05, 3.63) is 23.8 Å². The van der Waals surface area contributed by atoms with Crippen LogP contribution in [0.15, 0.2) is 23.8 Å². The second kappa shape index (κ2) is 8.90.